The fraction of sp³-hybridized carbons (Fsp3) is 0.214. The Labute approximate surface area is 218 Å². The number of rotatable bonds is 5. The molecule has 186 valence electrons. The molecule has 0 bridgehead atoms. The molecule has 3 amide bonds. The highest BCUT2D eigenvalue weighted by Crippen LogP contribution is 2.31. The van der Waals surface area contributed by atoms with Crippen molar-refractivity contribution in [2.24, 2.45) is 0 Å². The third-order valence-electron chi connectivity index (χ3n) is 6.92. The Balaban J connectivity index is 1.01. The first-order valence-electron chi connectivity index (χ1n) is 12.3. The summed E-state index contributed by atoms with van der Waals surface area (Å²) in [6.07, 6.45) is 7.39. The first kappa shape index (κ1) is 23.2. The van der Waals surface area contributed by atoms with Crippen LogP contribution in [0.25, 0.3) is 15.9 Å². The molecule has 5 aromatic rings. The SMILES string of the molecule is O=C(NCc1ccn2ccnc2c1)Nc1ccc(C2CCN(C(=O)c3cccc4ncsc34)CC2)cc1. The van der Waals surface area contributed by atoms with E-state index in [4.69, 9.17) is 0 Å². The zero-order valence-electron chi connectivity index (χ0n) is 20.1. The van der Waals surface area contributed by atoms with Crippen molar-refractivity contribution >= 4 is 44.8 Å². The van der Waals surface area contributed by atoms with Crippen molar-refractivity contribution in [3.63, 3.8) is 0 Å². The van der Waals surface area contributed by atoms with Gasteiger partial charge in [0.05, 0.1) is 21.3 Å². The van der Waals surface area contributed by atoms with Gasteiger partial charge in [-0.05, 0) is 66.3 Å². The fourth-order valence-corrected chi connectivity index (χ4v) is 5.69. The highest BCUT2D eigenvalue weighted by molar-refractivity contribution is 7.17. The number of likely N-dealkylation sites (tertiary alicyclic amines) is 1. The maximum atomic E-state index is 13.1. The number of pyridine rings is 1. The van der Waals surface area contributed by atoms with Gasteiger partial charge in [0.15, 0.2) is 0 Å². The van der Waals surface area contributed by atoms with E-state index in [2.05, 4.69) is 32.7 Å². The standard InChI is InChI=1S/C28H26N6O2S/c35-27(23-2-1-3-24-26(23)37-18-31-24)34-13-9-21(10-14-34)20-4-6-22(7-5-20)32-28(36)30-17-19-8-12-33-15-11-29-25(33)16-19/h1-8,11-12,15-16,18,21H,9-10,13-14,17H2,(H2,30,32,36). The minimum Gasteiger partial charge on any atom is -0.339 e. The van der Waals surface area contributed by atoms with Gasteiger partial charge in [0.2, 0.25) is 0 Å². The zero-order valence-corrected chi connectivity index (χ0v) is 20.9. The molecule has 6 rings (SSSR count). The van der Waals surface area contributed by atoms with Crippen molar-refractivity contribution in [3.05, 3.63) is 95.4 Å². The Morgan fingerprint density at radius 3 is 2.68 bits per heavy atom. The Hall–Kier alpha value is -4.24. The Morgan fingerprint density at radius 1 is 1.00 bits per heavy atom. The van der Waals surface area contributed by atoms with E-state index in [9.17, 15) is 9.59 Å². The van der Waals surface area contributed by atoms with Gasteiger partial charge in [0.25, 0.3) is 5.91 Å². The summed E-state index contributed by atoms with van der Waals surface area (Å²) in [6, 6.07) is 17.4. The number of anilines is 1. The highest BCUT2D eigenvalue weighted by Gasteiger charge is 2.26. The number of carbonyl (C=O) groups excluding carboxylic acids is 2. The van der Waals surface area contributed by atoms with Gasteiger partial charge in [-0.25, -0.2) is 14.8 Å². The van der Waals surface area contributed by atoms with Gasteiger partial charge >= 0.3 is 6.03 Å². The van der Waals surface area contributed by atoms with Crippen LogP contribution in [0.1, 0.15) is 40.2 Å². The van der Waals surface area contributed by atoms with Crippen LogP contribution in [-0.2, 0) is 6.54 Å². The van der Waals surface area contributed by atoms with E-state index >= 15 is 0 Å². The quantitative estimate of drug-likeness (QED) is 0.336. The molecule has 9 heteroatoms. The first-order valence-corrected chi connectivity index (χ1v) is 13.2. The van der Waals surface area contributed by atoms with Gasteiger partial charge in [0, 0.05) is 43.9 Å². The van der Waals surface area contributed by atoms with Gasteiger partial charge in [-0.1, -0.05) is 18.2 Å². The van der Waals surface area contributed by atoms with Crippen LogP contribution in [0.4, 0.5) is 10.5 Å². The average Bonchev–Trinajstić information content (AvgIpc) is 3.61. The number of aromatic nitrogens is 3. The summed E-state index contributed by atoms with van der Waals surface area (Å²) in [6.45, 7) is 1.87. The number of fused-ring (bicyclic) bond motifs is 2. The molecule has 1 saturated heterocycles. The molecule has 2 aromatic carbocycles. The molecule has 8 nitrogen and oxygen atoms in total. The fourth-order valence-electron chi connectivity index (χ4n) is 4.90. The van der Waals surface area contributed by atoms with E-state index in [1.165, 1.54) is 16.9 Å². The van der Waals surface area contributed by atoms with Crippen molar-refractivity contribution in [2.75, 3.05) is 18.4 Å². The topological polar surface area (TPSA) is 91.6 Å². The normalized spacial score (nSPS) is 14.2. The molecule has 1 fully saturated rings. The number of nitrogens with zero attached hydrogens (tertiary/aromatic N) is 4. The van der Waals surface area contributed by atoms with Crippen molar-refractivity contribution in [1.29, 1.82) is 0 Å². The third kappa shape index (κ3) is 4.90. The van der Waals surface area contributed by atoms with Crippen LogP contribution in [0.3, 0.4) is 0 Å². The summed E-state index contributed by atoms with van der Waals surface area (Å²) in [7, 11) is 0. The van der Waals surface area contributed by atoms with Crippen LogP contribution in [-0.4, -0.2) is 44.3 Å². The number of piperidine rings is 1. The molecule has 1 aliphatic heterocycles. The van der Waals surface area contributed by atoms with E-state index in [1.54, 1.807) is 11.7 Å². The molecular formula is C28H26N6O2S. The van der Waals surface area contributed by atoms with Crippen LogP contribution in [0.5, 0.6) is 0 Å². The molecule has 0 aliphatic carbocycles. The summed E-state index contributed by atoms with van der Waals surface area (Å²) < 4.78 is 2.89. The molecule has 0 saturated carbocycles. The average molecular weight is 511 g/mol. The monoisotopic (exact) mass is 510 g/mol. The van der Waals surface area contributed by atoms with Crippen LogP contribution in [0.2, 0.25) is 0 Å². The first-order chi connectivity index (χ1) is 18.1. The molecule has 0 radical (unpaired) electrons. The van der Waals surface area contributed by atoms with Crippen LogP contribution in [0, 0.1) is 0 Å². The van der Waals surface area contributed by atoms with Gasteiger partial charge in [0.1, 0.15) is 5.65 Å². The molecule has 3 aromatic heterocycles. The number of carbonyl (C=O) groups is 2. The molecule has 2 N–H and O–H groups in total. The molecule has 0 spiro atoms. The number of urea groups is 1. The molecular weight excluding hydrogens is 484 g/mol. The molecule has 4 heterocycles. The summed E-state index contributed by atoms with van der Waals surface area (Å²) in [5.41, 5.74) is 7.22. The Kier molecular flexibility index (Phi) is 6.28. The second kappa shape index (κ2) is 10.0. The maximum absolute atomic E-state index is 13.1. The Morgan fingerprint density at radius 2 is 1.84 bits per heavy atom. The number of thiazole rings is 1. The van der Waals surface area contributed by atoms with Crippen molar-refractivity contribution in [3.8, 4) is 0 Å². The summed E-state index contributed by atoms with van der Waals surface area (Å²) in [5.74, 6) is 0.479. The maximum Gasteiger partial charge on any atom is 0.319 e. The molecule has 1 aliphatic rings. The summed E-state index contributed by atoms with van der Waals surface area (Å²) in [4.78, 5) is 36.1. The number of benzene rings is 2. The van der Waals surface area contributed by atoms with E-state index in [1.807, 2.05) is 64.2 Å². The van der Waals surface area contributed by atoms with Crippen molar-refractivity contribution in [2.45, 2.75) is 25.3 Å². The number of hydrogen-bond acceptors (Lipinski definition) is 5. The zero-order chi connectivity index (χ0) is 25.2. The van der Waals surface area contributed by atoms with E-state index < -0.39 is 0 Å². The number of hydrogen-bond donors (Lipinski definition) is 2. The minimum absolute atomic E-state index is 0.0866. The van der Waals surface area contributed by atoms with Gasteiger partial charge in [-0.2, -0.15) is 0 Å². The number of nitrogens with one attached hydrogen (secondary N) is 2. The third-order valence-corrected chi connectivity index (χ3v) is 7.80. The summed E-state index contributed by atoms with van der Waals surface area (Å²) in [5, 5.41) is 5.79. The molecule has 0 atom stereocenters. The second-order valence-corrected chi connectivity index (χ2v) is 10.1. The lowest BCUT2D eigenvalue weighted by Crippen LogP contribution is -2.37. The molecule has 37 heavy (non-hydrogen) atoms. The number of amides is 3. The van der Waals surface area contributed by atoms with Crippen LogP contribution >= 0.6 is 11.3 Å². The second-order valence-electron chi connectivity index (χ2n) is 9.23. The van der Waals surface area contributed by atoms with E-state index in [0.29, 0.717) is 12.5 Å². The predicted octanol–water partition coefficient (Wildman–Crippen LogP) is 5.29. The van der Waals surface area contributed by atoms with Gasteiger partial charge < -0.3 is 19.9 Å². The lowest BCUT2D eigenvalue weighted by molar-refractivity contribution is 0.0715. The van der Waals surface area contributed by atoms with Crippen molar-refractivity contribution < 1.29 is 9.59 Å². The minimum atomic E-state index is -0.251. The lowest BCUT2D eigenvalue weighted by Gasteiger charge is -2.32. The Bertz CT molecular complexity index is 1570. The lowest BCUT2D eigenvalue weighted by atomic mass is 9.89. The predicted molar refractivity (Wildman–Crippen MR) is 145 cm³/mol. The van der Waals surface area contributed by atoms with E-state index in [0.717, 1.165) is 58.6 Å². The van der Waals surface area contributed by atoms with Crippen LogP contribution in [0.15, 0.2) is 78.7 Å². The largest absolute Gasteiger partial charge is 0.339 e. The highest BCUT2D eigenvalue weighted by atomic mass is 32.1. The van der Waals surface area contributed by atoms with E-state index in [-0.39, 0.29) is 11.9 Å². The summed E-state index contributed by atoms with van der Waals surface area (Å²) >= 11 is 1.52. The number of imidazole rings is 1. The van der Waals surface area contributed by atoms with Crippen molar-refractivity contribution in [1.82, 2.24) is 24.6 Å². The molecule has 0 unspecified atom stereocenters. The smallest absolute Gasteiger partial charge is 0.319 e. The van der Waals surface area contributed by atoms with Gasteiger partial charge in [-0.15, -0.1) is 11.3 Å². The van der Waals surface area contributed by atoms with Crippen LogP contribution < -0.4 is 10.6 Å². The van der Waals surface area contributed by atoms with Gasteiger partial charge in [-0.3, -0.25) is 4.79 Å².